The van der Waals surface area contributed by atoms with Crippen LogP contribution in [0.4, 0.5) is 0 Å². The molecule has 1 atom stereocenters. The van der Waals surface area contributed by atoms with Gasteiger partial charge >= 0.3 is 0 Å². The molecule has 2 aromatic rings. The molecule has 2 heterocycles. The Morgan fingerprint density at radius 1 is 1.25 bits per heavy atom. The van der Waals surface area contributed by atoms with E-state index in [4.69, 9.17) is 9.47 Å². The van der Waals surface area contributed by atoms with E-state index in [1.165, 1.54) is 23.3 Å². The van der Waals surface area contributed by atoms with Gasteiger partial charge in [0, 0.05) is 6.54 Å². The van der Waals surface area contributed by atoms with Crippen molar-refractivity contribution < 1.29 is 24.2 Å². The second-order valence-corrected chi connectivity index (χ2v) is 7.26. The first kappa shape index (κ1) is 19.9. The molecule has 1 unspecified atom stereocenters. The molecule has 0 saturated carbocycles. The molecule has 0 bridgehead atoms. The summed E-state index contributed by atoms with van der Waals surface area (Å²) in [7, 11) is 1.54. The second kappa shape index (κ2) is 8.48. The number of ketones is 1. The monoisotopic (exact) mass is 401 g/mol. The molecule has 28 heavy (non-hydrogen) atoms. The molecule has 148 valence electrons. The van der Waals surface area contributed by atoms with Crippen LogP contribution in [0, 0.1) is 0 Å². The molecule has 1 aliphatic rings. The summed E-state index contributed by atoms with van der Waals surface area (Å²) in [4.78, 5) is 27.8. The highest BCUT2D eigenvalue weighted by molar-refractivity contribution is 7.12. The molecule has 0 saturated heterocycles. The fourth-order valence-electron chi connectivity index (χ4n) is 3.37. The maximum absolute atomic E-state index is 13.1. The van der Waals surface area contributed by atoms with Crippen LogP contribution in [0.25, 0.3) is 0 Å². The van der Waals surface area contributed by atoms with Crippen LogP contribution in [-0.4, -0.2) is 42.0 Å². The van der Waals surface area contributed by atoms with Crippen molar-refractivity contribution in [3.8, 4) is 11.5 Å². The average molecular weight is 401 g/mol. The Balaban J connectivity index is 2.10. The molecule has 0 spiro atoms. The highest BCUT2D eigenvalue weighted by Gasteiger charge is 2.43. The Morgan fingerprint density at radius 2 is 2.04 bits per heavy atom. The van der Waals surface area contributed by atoms with Gasteiger partial charge in [0.15, 0.2) is 17.3 Å². The fourth-order valence-corrected chi connectivity index (χ4v) is 4.05. The lowest BCUT2D eigenvalue weighted by Crippen LogP contribution is -2.31. The molecule has 7 heteroatoms. The third-order valence-corrected chi connectivity index (χ3v) is 5.43. The number of carbonyl (C=O) groups excluding carboxylic acids is 2. The van der Waals surface area contributed by atoms with Crippen molar-refractivity contribution in [1.82, 2.24) is 4.90 Å². The summed E-state index contributed by atoms with van der Waals surface area (Å²) in [5.41, 5.74) is 0.790. The number of rotatable bonds is 8. The molecule has 3 rings (SSSR count). The molecular formula is C21H23NO5S. The van der Waals surface area contributed by atoms with Gasteiger partial charge in [-0.3, -0.25) is 9.59 Å². The molecule has 6 nitrogen and oxygen atoms in total. The van der Waals surface area contributed by atoms with Crippen molar-refractivity contribution in [2.75, 3.05) is 20.3 Å². The number of aliphatic hydroxyl groups excluding tert-OH is 1. The van der Waals surface area contributed by atoms with Crippen molar-refractivity contribution in [2.45, 2.75) is 26.3 Å². The first-order chi connectivity index (χ1) is 13.5. The van der Waals surface area contributed by atoms with Crippen molar-refractivity contribution in [3.05, 3.63) is 57.5 Å². The minimum absolute atomic E-state index is 0.104. The van der Waals surface area contributed by atoms with Crippen LogP contribution in [0.2, 0.25) is 0 Å². The topological polar surface area (TPSA) is 76.1 Å². The van der Waals surface area contributed by atoms with Crippen LogP contribution in [0.3, 0.4) is 0 Å². The summed E-state index contributed by atoms with van der Waals surface area (Å²) in [6.07, 6.45) is 0.699. The van der Waals surface area contributed by atoms with Crippen LogP contribution in [0.5, 0.6) is 11.5 Å². The quantitative estimate of drug-likeness (QED) is 0.673. The number of carbonyl (C=O) groups is 2. The summed E-state index contributed by atoms with van der Waals surface area (Å²) in [5, 5.41) is 12.3. The van der Waals surface area contributed by atoms with Crippen molar-refractivity contribution in [2.24, 2.45) is 0 Å². The van der Waals surface area contributed by atoms with Crippen molar-refractivity contribution in [3.63, 3.8) is 0 Å². The zero-order valence-electron chi connectivity index (χ0n) is 16.1. The molecule has 0 radical (unpaired) electrons. The number of hydrogen-bond acceptors (Lipinski definition) is 6. The van der Waals surface area contributed by atoms with Gasteiger partial charge in [-0.15, -0.1) is 11.3 Å². The standard InChI is InChI=1S/C21H23NO5S/c1-4-10-22-18(13-8-9-14(27-5-2)15(12-13)26-3)17(20(24)21(22)25)19(23)16-7-6-11-28-16/h6-9,11-12,18,24H,4-5,10H2,1-3H3. The predicted octanol–water partition coefficient (Wildman–Crippen LogP) is 4.14. The second-order valence-electron chi connectivity index (χ2n) is 6.31. The molecule has 1 aromatic carbocycles. The Bertz CT molecular complexity index is 904. The molecule has 1 aromatic heterocycles. The Kier molecular flexibility index (Phi) is 6.04. The normalized spacial score (nSPS) is 16.6. The van der Waals surface area contributed by atoms with Gasteiger partial charge in [0.2, 0.25) is 5.78 Å². The first-order valence-electron chi connectivity index (χ1n) is 9.16. The van der Waals surface area contributed by atoms with Crippen LogP contribution >= 0.6 is 11.3 Å². The van der Waals surface area contributed by atoms with Crippen LogP contribution in [0.15, 0.2) is 47.0 Å². The van der Waals surface area contributed by atoms with Gasteiger partial charge in [0.05, 0.1) is 30.2 Å². The number of nitrogens with zero attached hydrogens (tertiary/aromatic N) is 1. The Morgan fingerprint density at radius 3 is 2.64 bits per heavy atom. The largest absolute Gasteiger partial charge is 0.503 e. The van der Waals surface area contributed by atoms with E-state index < -0.39 is 17.7 Å². The van der Waals surface area contributed by atoms with Gasteiger partial charge in [0.25, 0.3) is 5.91 Å². The molecule has 1 aliphatic heterocycles. The highest BCUT2D eigenvalue weighted by Crippen LogP contribution is 2.42. The highest BCUT2D eigenvalue weighted by atomic mass is 32.1. The number of Topliss-reactive ketones (excluding diaryl/α,β-unsaturated/α-hetero) is 1. The maximum Gasteiger partial charge on any atom is 0.290 e. The molecule has 1 N–H and O–H groups in total. The van der Waals surface area contributed by atoms with Crippen molar-refractivity contribution >= 4 is 23.0 Å². The Labute approximate surface area is 168 Å². The third kappa shape index (κ3) is 3.49. The van der Waals surface area contributed by atoms with E-state index in [0.717, 1.165) is 0 Å². The predicted molar refractivity (Wildman–Crippen MR) is 107 cm³/mol. The summed E-state index contributed by atoms with van der Waals surface area (Å²) in [5.74, 6) is -0.251. The minimum atomic E-state index is -0.674. The van der Waals surface area contributed by atoms with E-state index in [9.17, 15) is 14.7 Å². The van der Waals surface area contributed by atoms with E-state index in [-0.39, 0.29) is 11.4 Å². The van der Waals surface area contributed by atoms with Crippen LogP contribution in [0.1, 0.15) is 41.5 Å². The fraction of sp³-hybridized carbons (Fsp3) is 0.333. The summed E-state index contributed by atoms with van der Waals surface area (Å²) in [6.45, 7) is 4.73. The zero-order chi connectivity index (χ0) is 20.3. The van der Waals surface area contributed by atoms with E-state index in [0.29, 0.717) is 41.5 Å². The lowest BCUT2D eigenvalue weighted by atomic mass is 9.95. The third-order valence-electron chi connectivity index (χ3n) is 4.56. The molecule has 0 fully saturated rings. The maximum atomic E-state index is 13.1. The van der Waals surface area contributed by atoms with E-state index in [2.05, 4.69) is 0 Å². The zero-order valence-corrected chi connectivity index (χ0v) is 16.9. The van der Waals surface area contributed by atoms with Gasteiger partial charge in [-0.2, -0.15) is 0 Å². The lowest BCUT2D eigenvalue weighted by Gasteiger charge is -2.27. The Hall–Kier alpha value is -2.80. The summed E-state index contributed by atoms with van der Waals surface area (Å²) < 4.78 is 11.0. The van der Waals surface area contributed by atoms with Crippen LogP contribution < -0.4 is 9.47 Å². The molecular weight excluding hydrogens is 378 g/mol. The summed E-state index contributed by atoms with van der Waals surface area (Å²) in [6, 6.07) is 8.10. The molecule has 0 aliphatic carbocycles. The van der Waals surface area contributed by atoms with Gasteiger partial charge in [-0.25, -0.2) is 0 Å². The SMILES string of the molecule is CCCN1C(=O)C(O)=C(C(=O)c2cccs2)C1c1ccc(OCC)c(OC)c1. The number of aliphatic hydroxyl groups is 1. The number of benzene rings is 1. The minimum Gasteiger partial charge on any atom is -0.503 e. The lowest BCUT2D eigenvalue weighted by molar-refractivity contribution is -0.129. The van der Waals surface area contributed by atoms with E-state index in [1.807, 2.05) is 13.8 Å². The molecule has 1 amide bonds. The number of amides is 1. The number of hydrogen-bond donors (Lipinski definition) is 1. The average Bonchev–Trinajstić information content (AvgIpc) is 3.32. The van der Waals surface area contributed by atoms with Crippen LogP contribution in [-0.2, 0) is 4.79 Å². The number of thiophene rings is 1. The van der Waals surface area contributed by atoms with Gasteiger partial charge in [-0.05, 0) is 42.5 Å². The van der Waals surface area contributed by atoms with E-state index >= 15 is 0 Å². The first-order valence-corrected chi connectivity index (χ1v) is 10.0. The van der Waals surface area contributed by atoms with Gasteiger partial charge in [0.1, 0.15) is 0 Å². The van der Waals surface area contributed by atoms with Gasteiger partial charge < -0.3 is 19.5 Å². The summed E-state index contributed by atoms with van der Waals surface area (Å²) >= 11 is 1.28. The smallest absolute Gasteiger partial charge is 0.290 e. The van der Waals surface area contributed by atoms with E-state index in [1.54, 1.807) is 35.7 Å². The number of methoxy groups -OCH3 is 1. The van der Waals surface area contributed by atoms with Crippen molar-refractivity contribution in [1.29, 1.82) is 0 Å². The number of ether oxygens (including phenoxy) is 2. The van der Waals surface area contributed by atoms with Gasteiger partial charge in [-0.1, -0.05) is 19.1 Å².